The summed E-state index contributed by atoms with van der Waals surface area (Å²) < 4.78 is 0. The Labute approximate surface area is 116 Å². The molecule has 1 aromatic rings. The van der Waals surface area contributed by atoms with Gasteiger partial charge in [0.15, 0.2) is 0 Å². The van der Waals surface area contributed by atoms with Crippen LogP contribution in [0.1, 0.15) is 18.5 Å². The molecular weight excluding hydrogens is 264 g/mol. The first kappa shape index (κ1) is 15.5. The highest BCUT2D eigenvalue weighted by Gasteiger charge is 2.18. The lowest BCUT2D eigenvalue weighted by atomic mass is 10.2. The largest absolute Gasteiger partial charge is 0.480 e. The number of carboxylic acid groups (broad SMARTS) is 1. The standard InChI is InChI=1S/C13H18N2O3S/c1-19-9-7-11(13(17)18)15-12(16)6-5-10-4-2-3-8-14-10/h2-4,8,11H,5-7,9H2,1H3,(H,15,16)(H,17,18)/t11-/m1/s1. The number of nitrogens with zero attached hydrogens (tertiary/aromatic N) is 1. The third-order valence-corrected chi connectivity index (χ3v) is 3.22. The number of thioether (sulfide) groups is 1. The minimum atomic E-state index is -0.986. The van der Waals surface area contributed by atoms with Crippen LogP contribution in [0.5, 0.6) is 0 Å². The summed E-state index contributed by atoms with van der Waals surface area (Å²) in [6.45, 7) is 0. The van der Waals surface area contributed by atoms with Crippen molar-refractivity contribution in [2.75, 3.05) is 12.0 Å². The molecule has 0 fully saturated rings. The van der Waals surface area contributed by atoms with E-state index in [0.717, 1.165) is 5.69 Å². The van der Waals surface area contributed by atoms with Gasteiger partial charge in [-0.05, 0) is 37.0 Å². The molecule has 1 rings (SSSR count). The predicted molar refractivity (Wildman–Crippen MR) is 75.1 cm³/mol. The molecule has 0 aliphatic rings. The van der Waals surface area contributed by atoms with Gasteiger partial charge in [0.1, 0.15) is 6.04 Å². The van der Waals surface area contributed by atoms with E-state index in [4.69, 9.17) is 5.11 Å². The van der Waals surface area contributed by atoms with Crippen molar-refractivity contribution in [2.24, 2.45) is 0 Å². The van der Waals surface area contributed by atoms with Crippen LogP contribution in [0.2, 0.25) is 0 Å². The van der Waals surface area contributed by atoms with E-state index in [0.29, 0.717) is 18.6 Å². The number of carbonyl (C=O) groups is 2. The molecule has 0 saturated heterocycles. The topological polar surface area (TPSA) is 79.3 Å². The van der Waals surface area contributed by atoms with Crippen molar-refractivity contribution in [2.45, 2.75) is 25.3 Å². The summed E-state index contributed by atoms with van der Waals surface area (Å²) in [5, 5.41) is 11.5. The molecule has 2 N–H and O–H groups in total. The van der Waals surface area contributed by atoms with Crippen LogP contribution >= 0.6 is 11.8 Å². The number of pyridine rings is 1. The fraction of sp³-hybridized carbons (Fsp3) is 0.462. The van der Waals surface area contributed by atoms with Gasteiger partial charge in [-0.3, -0.25) is 9.78 Å². The third kappa shape index (κ3) is 6.24. The first-order valence-electron chi connectivity index (χ1n) is 6.04. The molecule has 0 unspecified atom stereocenters. The quantitative estimate of drug-likeness (QED) is 0.752. The van der Waals surface area contributed by atoms with Crippen molar-refractivity contribution in [3.63, 3.8) is 0 Å². The summed E-state index contributed by atoms with van der Waals surface area (Å²) in [7, 11) is 0. The zero-order valence-electron chi connectivity index (χ0n) is 10.8. The Bertz CT molecular complexity index is 412. The lowest BCUT2D eigenvalue weighted by Gasteiger charge is -2.13. The summed E-state index contributed by atoms with van der Waals surface area (Å²) in [6, 6.07) is 4.71. The number of amides is 1. The van der Waals surface area contributed by atoms with Gasteiger partial charge in [0.05, 0.1) is 0 Å². The van der Waals surface area contributed by atoms with E-state index in [1.807, 2.05) is 24.5 Å². The van der Waals surface area contributed by atoms with Crippen LogP contribution in [0, 0.1) is 0 Å². The monoisotopic (exact) mass is 282 g/mol. The minimum absolute atomic E-state index is 0.250. The van der Waals surface area contributed by atoms with Gasteiger partial charge in [0.2, 0.25) is 5.91 Å². The van der Waals surface area contributed by atoms with E-state index >= 15 is 0 Å². The van der Waals surface area contributed by atoms with Crippen molar-refractivity contribution in [3.05, 3.63) is 30.1 Å². The van der Waals surface area contributed by atoms with Gasteiger partial charge in [-0.2, -0.15) is 11.8 Å². The van der Waals surface area contributed by atoms with Gasteiger partial charge in [-0.1, -0.05) is 6.07 Å². The third-order valence-electron chi connectivity index (χ3n) is 2.58. The number of hydrogen-bond donors (Lipinski definition) is 2. The molecule has 0 radical (unpaired) electrons. The highest BCUT2D eigenvalue weighted by molar-refractivity contribution is 7.98. The van der Waals surface area contributed by atoms with E-state index in [-0.39, 0.29) is 12.3 Å². The Kier molecular flexibility index (Phi) is 6.95. The second kappa shape index (κ2) is 8.53. The maximum absolute atomic E-state index is 11.7. The Morgan fingerprint density at radius 3 is 2.84 bits per heavy atom. The molecule has 1 heterocycles. The van der Waals surface area contributed by atoms with E-state index in [1.54, 1.807) is 18.0 Å². The highest BCUT2D eigenvalue weighted by Crippen LogP contribution is 2.03. The van der Waals surface area contributed by atoms with Crippen LogP contribution in [0.25, 0.3) is 0 Å². The molecule has 0 bridgehead atoms. The number of aromatic nitrogens is 1. The molecular formula is C13H18N2O3S. The number of carbonyl (C=O) groups excluding carboxylic acids is 1. The Balaban J connectivity index is 2.38. The van der Waals surface area contributed by atoms with Crippen molar-refractivity contribution in [3.8, 4) is 0 Å². The summed E-state index contributed by atoms with van der Waals surface area (Å²) >= 11 is 1.56. The van der Waals surface area contributed by atoms with Gasteiger partial charge in [-0.15, -0.1) is 0 Å². The molecule has 0 aliphatic carbocycles. The van der Waals surface area contributed by atoms with Gasteiger partial charge < -0.3 is 10.4 Å². The Morgan fingerprint density at radius 1 is 1.47 bits per heavy atom. The molecule has 104 valence electrons. The second-order valence-corrected chi connectivity index (χ2v) is 5.05. The van der Waals surface area contributed by atoms with Crippen LogP contribution < -0.4 is 5.32 Å². The number of aliphatic carboxylic acids is 1. The van der Waals surface area contributed by atoms with Crippen molar-refractivity contribution in [1.29, 1.82) is 0 Å². The van der Waals surface area contributed by atoms with Gasteiger partial charge in [0.25, 0.3) is 0 Å². The van der Waals surface area contributed by atoms with E-state index < -0.39 is 12.0 Å². The molecule has 1 amide bonds. The molecule has 19 heavy (non-hydrogen) atoms. The maximum atomic E-state index is 11.7. The SMILES string of the molecule is CSCC[C@@H](NC(=O)CCc1ccccn1)C(=O)O. The molecule has 0 saturated carbocycles. The molecule has 1 atom stereocenters. The molecule has 0 aromatic carbocycles. The second-order valence-electron chi connectivity index (χ2n) is 4.06. The lowest BCUT2D eigenvalue weighted by Crippen LogP contribution is -2.41. The summed E-state index contributed by atoms with van der Waals surface area (Å²) in [5.41, 5.74) is 0.827. The highest BCUT2D eigenvalue weighted by atomic mass is 32.2. The lowest BCUT2D eigenvalue weighted by molar-refractivity contribution is -0.141. The van der Waals surface area contributed by atoms with Gasteiger partial charge >= 0.3 is 5.97 Å². The number of rotatable bonds is 8. The Hall–Kier alpha value is -1.56. The minimum Gasteiger partial charge on any atom is -0.480 e. The van der Waals surface area contributed by atoms with E-state index in [1.165, 1.54) is 0 Å². The molecule has 1 aromatic heterocycles. The van der Waals surface area contributed by atoms with Crippen LogP contribution in [0.3, 0.4) is 0 Å². The first-order chi connectivity index (χ1) is 9.13. The zero-order valence-corrected chi connectivity index (χ0v) is 11.7. The fourth-order valence-corrected chi connectivity index (χ4v) is 2.02. The normalized spacial score (nSPS) is 11.8. The van der Waals surface area contributed by atoms with E-state index in [9.17, 15) is 9.59 Å². The van der Waals surface area contributed by atoms with E-state index in [2.05, 4.69) is 10.3 Å². The van der Waals surface area contributed by atoms with Crippen LogP contribution in [0.15, 0.2) is 24.4 Å². The van der Waals surface area contributed by atoms with Gasteiger partial charge in [0, 0.05) is 18.3 Å². The Morgan fingerprint density at radius 2 is 2.26 bits per heavy atom. The zero-order chi connectivity index (χ0) is 14.1. The summed E-state index contributed by atoms with van der Waals surface area (Å²) in [5.74, 6) is -0.531. The maximum Gasteiger partial charge on any atom is 0.326 e. The average Bonchev–Trinajstić information content (AvgIpc) is 2.42. The van der Waals surface area contributed by atoms with Crippen LogP contribution in [0.4, 0.5) is 0 Å². The predicted octanol–water partition coefficient (Wildman–Crippen LogP) is 1.34. The first-order valence-corrected chi connectivity index (χ1v) is 7.44. The van der Waals surface area contributed by atoms with Crippen molar-refractivity contribution >= 4 is 23.6 Å². The van der Waals surface area contributed by atoms with Crippen molar-refractivity contribution < 1.29 is 14.7 Å². The van der Waals surface area contributed by atoms with Crippen molar-refractivity contribution in [1.82, 2.24) is 10.3 Å². The number of hydrogen-bond acceptors (Lipinski definition) is 4. The molecule has 6 heteroatoms. The molecule has 5 nitrogen and oxygen atoms in total. The summed E-state index contributed by atoms with van der Waals surface area (Å²) in [6.07, 6.45) is 4.78. The molecule has 0 spiro atoms. The number of nitrogens with one attached hydrogen (secondary N) is 1. The van der Waals surface area contributed by atoms with Crippen LogP contribution in [-0.2, 0) is 16.0 Å². The smallest absolute Gasteiger partial charge is 0.326 e. The van der Waals surface area contributed by atoms with Crippen LogP contribution in [-0.4, -0.2) is 40.0 Å². The fourth-order valence-electron chi connectivity index (χ4n) is 1.55. The summed E-state index contributed by atoms with van der Waals surface area (Å²) in [4.78, 5) is 26.8. The number of aryl methyl sites for hydroxylation is 1. The molecule has 0 aliphatic heterocycles. The number of carboxylic acids is 1. The average molecular weight is 282 g/mol. The van der Waals surface area contributed by atoms with Gasteiger partial charge in [-0.25, -0.2) is 4.79 Å².